The van der Waals surface area contributed by atoms with Crippen molar-refractivity contribution in [2.45, 2.75) is 19.8 Å². The van der Waals surface area contributed by atoms with Crippen molar-refractivity contribution in [3.8, 4) is 11.4 Å². The van der Waals surface area contributed by atoms with Crippen LogP contribution in [-0.4, -0.2) is 9.97 Å². The number of hydrogen-bond donors (Lipinski definition) is 1. The van der Waals surface area contributed by atoms with Crippen LogP contribution < -0.4 is 0 Å². The van der Waals surface area contributed by atoms with Crippen LogP contribution >= 0.6 is 11.6 Å². The number of rotatable bonds is 0. The molecule has 2 heterocycles. The van der Waals surface area contributed by atoms with Crippen molar-refractivity contribution in [2.75, 3.05) is 0 Å². The quantitative estimate of drug-likeness (QED) is 0.459. The summed E-state index contributed by atoms with van der Waals surface area (Å²) in [5.41, 5.74) is 8.10. The van der Waals surface area contributed by atoms with Crippen LogP contribution in [-0.2, 0) is 12.8 Å². The SMILES string of the molecule is Cc1ccc2c3c([nH]c2c1)-c1nc2ccccc2c(Cl)c1CC3. The molecule has 0 aliphatic heterocycles. The first kappa shape index (κ1) is 13.1. The van der Waals surface area contributed by atoms with Gasteiger partial charge in [-0.05, 0) is 48.6 Å². The largest absolute Gasteiger partial charge is 0.353 e. The van der Waals surface area contributed by atoms with Crippen LogP contribution in [0.3, 0.4) is 0 Å². The lowest BCUT2D eigenvalue weighted by Crippen LogP contribution is -2.06. The lowest BCUT2D eigenvalue weighted by atomic mass is 9.91. The van der Waals surface area contributed by atoms with Crippen molar-refractivity contribution in [1.29, 1.82) is 0 Å². The number of H-pyrrole nitrogens is 1. The lowest BCUT2D eigenvalue weighted by molar-refractivity contribution is 0.938. The van der Waals surface area contributed by atoms with Crippen LogP contribution in [0.1, 0.15) is 16.7 Å². The Bertz CT molecular complexity index is 1090. The zero-order valence-electron chi connectivity index (χ0n) is 12.8. The monoisotopic (exact) mass is 318 g/mol. The molecule has 0 unspecified atom stereocenters. The van der Waals surface area contributed by atoms with Gasteiger partial charge < -0.3 is 4.98 Å². The molecule has 2 aromatic heterocycles. The van der Waals surface area contributed by atoms with Crippen LogP contribution in [0.15, 0.2) is 42.5 Å². The molecule has 5 rings (SSSR count). The molecular weight excluding hydrogens is 304 g/mol. The Morgan fingerprint density at radius 3 is 2.74 bits per heavy atom. The summed E-state index contributed by atoms with van der Waals surface area (Å²) >= 11 is 6.70. The molecule has 0 fully saturated rings. The number of fused-ring (bicyclic) bond motifs is 6. The molecule has 1 aliphatic carbocycles. The molecule has 3 heteroatoms. The van der Waals surface area contributed by atoms with Gasteiger partial charge in [-0.3, -0.25) is 0 Å². The molecule has 0 spiro atoms. The van der Waals surface area contributed by atoms with Crippen molar-refractivity contribution in [2.24, 2.45) is 0 Å². The fourth-order valence-corrected chi connectivity index (χ4v) is 4.07. The standard InChI is InChI=1S/C20H15ClN2/c1-11-6-7-12-13-8-9-15-18(21)14-4-2-3-5-16(14)22-20(15)19(13)23-17(12)10-11/h2-7,10,23H,8-9H2,1H3. The number of halogens is 1. The summed E-state index contributed by atoms with van der Waals surface area (Å²) in [6, 6.07) is 14.7. The molecule has 4 aromatic rings. The van der Waals surface area contributed by atoms with Crippen molar-refractivity contribution in [1.82, 2.24) is 9.97 Å². The minimum atomic E-state index is 0.853. The summed E-state index contributed by atoms with van der Waals surface area (Å²) in [7, 11) is 0. The molecule has 23 heavy (non-hydrogen) atoms. The van der Waals surface area contributed by atoms with Crippen LogP contribution in [0.25, 0.3) is 33.2 Å². The van der Waals surface area contributed by atoms with Gasteiger partial charge in [-0.1, -0.05) is 41.9 Å². The molecule has 0 bridgehead atoms. The van der Waals surface area contributed by atoms with Gasteiger partial charge in [0.15, 0.2) is 0 Å². The summed E-state index contributed by atoms with van der Waals surface area (Å²) in [4.78, 5) is 8.50. The van der Waals surface area contributed by atoms with Crippen molar-refractivity contribution >= 4 is 33.4 Å². The third-order valence-corrected chi connectivity index (χ3v) is 5.28. The van der Waals surface area contributed by atoms with Gasteiger partial charge in [0.25, 0.3) is 0 Å². The Labute approximate surface area is 139 Å². The number of hydrogen-bond acceptors (Lipinski definition) is 1. The molecule has 0 amide bonds. The average molecular weight is 319 g/mol. The van der Waals surface area contributed by atoms with E-state index in [0.29, 0.717) is 0 Å². The summed E-state index contributed by atoms with van der Waals surface area (Å²) in [6.45, 7) is 2.12. The van der Waals surface area contributed by atoms with E-state index >= 15 is 0 Å². The number of aryl methyl sites for hydroxylation is 2. The third kappa shape index (κ3) is 1.79. The van der Waals surface area contributed by atoms with Crippen LogP contribution in [0.5, 0.6) is 0 Å². The number of aromatic amines is 1. The minimum Gasteiger partial charge on any atom is -0.353 e. The average Bonchev–Trinajstić information content (AvgIpc) is 2.93. The maximum absolute atomic E-state index is 6.70. The van der Waals surface area contributed by atoms with Gasteiger partial charge in [0, 0.05) is 16.3 Å². The predicted octanol–water partition coefficient (Wildman–Crippen LogP) is 5.44. The second kappa shape index (κ2) is 4.59. The molecular formula is C20H15ClN2. The van der Waals surface area contributed by atoms with Gasteiger partial charge in [0.05, 0.1) is 21.9 Å². The second-order valence-corrected chi connectivity index (χ2v) is 6.68. The maximum atomic E-state index is 6.70. The van der Waals surface area contributed by atoms with Crippen LogP contribution in [0, 0.1) is 6.92 Å². The Morgan fingerprint density at radius 2 is 1.83 bits per heavy atom. The number of nitrogens with one attached hydrogen (secondary N) is 1. The van der Waals surface area contributed by atoms with E-state index in [-0.39, 0.29) is 0 Å². The van der Waals surface area contributed by atoms with Crippen LogP contribution in [0.4, 0.5) is 0 Å². The van der Waals surface area contributed by atoms with Crippen molar-refractivity contribution in [3.63, 3.8) is 0 Å². The summed E-state index contributed by atoms with van der Waals surface area (Å²) in [6.07, 6.45) is 1.95. The Kier molecular flexibility index (Phi) is 2.62. The number of nitrogens with zero attached hydrogens (tertiary/aromatic N) is 1. The van der Waals surface area contributed by atoms with E-state index in [1.807, 2.05) is 18.2 Å². The zero-order chi connectivity index (χ0) is 15.6. The lowest BCUT2D eigenvalue weighted by Gasteiger charge is -2.18. The molecule has 112 valence electrons. The van der Waals surface area contributed by atoms with E-state index in [1.165, 1.54) is 27.6 Å². The predicted molar refractivity (Wildman–Crippen MR) is 96.2 cm³/mol. The second-order valence-electron chi connectivity index (χ2n) is 6.30. The van der Waals surface area contributed by atoms with E-state index < -0.39 is 0 Å². The highest BCUT2D eigenvalue weighted by Crippen LogP contribution is 2.41. The van der Waals surface area contributed by atoms with Gasteiger partial charge in [-0.15, -0.1) is 0 Å². The highest BCUT2D eigenvalue weighted by Gasteiger charge is 2.25. The Balaban J connectivity index is 1.88. The van der Waals surface area contributed by atoms with Crippen LogP contribution in [0.2, 0.25) is 5.02 Å². The van der Waals surface area contributed by atoms with E-state index in [0.717, 1.165) is 40.2 Å². The molecule has 2 aromatic carbocycles. The molecule has 1 aliphatic rings. The number of pyridine rings is 1. The van der Waals surface area contributed by atoms with E-state index in [4.69, 9.17) is 16.6 Å². The van der Waals surface area contributed by atoms with Crippen molar-refractivity contribution < 1.29 is 0 Å². The topological polar surface area (TPSA) is 28.7 Å². The van der Waals surface area contributed by atoms with Gasteiger partial charge in [0.2, 0.25) is 0 Å². The fourth-order valence-electron chi connectivity index (χ4n) is 3.73. The Morgan fingerprint density at radius 1 is 1.00 bits per heavy atom. The molecule has 0 saturated heterocycles. The molecule has 1 N–H and O–H groups in total. The van der Waals surface area contributed by atoms with E-state index in [9.17, 15) is 0 Å². The minimum absolute atomic E-state index is 0.853. The number of para-hydroxylation sites is 1. The van der Waals surface area contributed by atoms with Crippen molar-refractivity contribution in [3.05, 3.63) is 64.2 Å². The highest BCUT2D eigenvalue weighted by atomic mass is 35.5. The molecule has 0 saturated carbocycles. The first-order valence-electron chi connectivity index (χ1n) is 7.91. The number of benzene rings is 2. The molecule has 0 radical (unpaired) electrons. The zero-order valence-corrected chi connectivity index (χ0v) is 13.5. The summed E-state index contributed by atoms with van der Waals surface area (Å²) in [5.74, 6) is 0. The fraction of sp³-hybridized carbons (Fsp3) is 0.150. The normalized spacial score (nSPS) is 13.3. The smallest absolute Gasteiger partial charge is 0.0922 e. The van der Waals surface area contributed by atoms with Gasteiger partial charge in [-0.2, -0.15) is 0 Å². The Hall–Kier alpha value is -2.32. The van der Waals surface area contributed by atoms with Gasteiger partial charge >= 0.3 is 0 Å². The highest BCUT2D eigenvalue weighted by molar-refractivity contribution is 6.36. The van der Waals surface area contributed by atoms with Gasteiger partial charge in [-0.25, -0.2) is 4.98 Å². The van der Waals surface area contributed by atoms with E-state index in [2.05, 4.69) is 36.2 Å². The first-order valence-corrected chi connectivity index (χ1v) is 8.29. The molecule has 2 nitrogen and oxygen atoms in total. The third-order valence-electron chi connectivity index (χ3n) is 4.85. The van der Waals surface area contributed by atoms with Gasteiger partial charge in [0.1, 0.15) is 0 Å². The number of aromatic nitrogens is 2. The summed E-state index contributed by atoms with van der Waals surface area (Å²) < 4.78 is 0. The first-order chi connectivity index (χ1) is 11.2. The maximum Gasteiger partial charge on any atom is 0.0922 e. The summed E-state index contributed by atoms with van der Waals surface area (Å²) in [5, 5.41) is 3.21. The van der Waals surface area contributed by atoms with E-state index in [1.54, 1.807) is 0 Å². The molecule has 0 atom stereocenters.